The lowest BCUT2D eigenvalue weighted by Crippen LogP contribution is -2.19. The molecule has 0 radical (unpaired) electrons. The summed E-state index contributed by atoms with van der Waals surface area (Å²) >= 11 is 0. The average Bonchev–Trinajstić information content (AvgIpc) is 1.94. The Morgan fingerprint density at radius 1 is 1.44 bits per heavy atom. The fraction of sp³-hybridized carbons (Fsp3) is 0.750. The van der Waals surface area contributed by atoms with Crippen molar-refractivity contribution in [1.82, 2.24) is 5.32 Å². The molecule has 0 aromatic heterocycles. The monoisotopic (exact) mass is 127 g/mol. The molecule has 1 heteroatoms. The van der Waals surface area contributed by atoms with E-state index in [0.29, 0.717) is 0 Å². The maximum absolute atomic E-state index is 3.24. The highest BCUT2D eigenvalue weighted by Gasteiger charge is 1.93. The summed E-state index contributed by atoms with van der Waals surface area (Å²) in [4.78, 5) is 0. The van der Waals surface area contributed by atoms with Crippen LogP contribution in [0, 0.1) is 0 Å². The largest absolute Gasteiger partial charge is 0.313 e. The van der Waals surface area contributed by atoms with E-state index in [2.05, 4.69) is 18.3 Å². The second-order valence-electron chi connectivity index (χ2n) is 2.00. The molecule has 1 aliphatic rings. The van der Waals surface area contributed by atoms with E-state index < -0.39 is 0 Å². The van der Waals surface area contributed by atoms with Crippen LogP contribution in [0.3, 0.4) is 0 Å². The summed E-state index contributed by atoms with van der Waals surface area (Å²) in [7, 11) is 0. The highest BCUT2D eigenvalue weighted by molar-refractivity contribution is 5.02. The molecule has 0 aromatic rings. The molecule has 0 spiro atoms. The van der Waals surface area contributed by atoms with Crippen LogP contribution >= 0.6 is 0 Å². The molecule has 1 heterocycles. The molecule has 0 fully saturated rings. The van der Waals surface area contributed by atoms with Crippen molar-refractivity contribution in [2.45, 2.75) is 27.2 Å². The standard InChI is InChI=1S/C6H11N.C2H6/c1-6-2-4-7-5-3-6;1-2/h2,7H,3-5H2,1H3;1-2H3. The minimum Gasteiger partial charge on any atom is -0.313 e. The summed E-state index contributed by atoms with van der Waals surface area (Å²) in [5.74, 6) is 0. The van der Waals surface area contributed by atoms with Crippen molar-refractivity contribution in [3.8, 4) is 0 Å². The molecule has 0 unspecified atom stereocenters. The van der Waals surface area contributed by atoms with E-state index in [1.54, 1.807) is 0 Å². The molecule has 0 bridgehead atoms. The highest BCUT2D eigenvalue weighted by Crippen LogP contribution is 1.99. The highest BCUT2D eigenvalue weighted by atomic mass is 14.8. The van der Waals surface area contributed by atoms with Gasteiger partial charge in [0.1, 0.15) is 0 Å². The van der Waals surface area contributed by atoms with Crippen LogP contribution in [0.15, 0.2) is 11.6 Å². The lowest BCUT2D eigenvalue weighted by molar-refractivity contribution is 0.703. The fourth-order valence-corrected chi connectivity index (χ4v) is 0.736. The van der Waals surface area contributed by atoms with Crippen LogP contribution in [-0.4, -0.2) is 13.1 Å². The van der Waals surface area contributed by atoms with Crippen LogP contribution in [0.4, 0.5) is 0 Å². The molecule has 54 valence electrons. The Kier molecular flexibility index (Phi) is 5.64. The average molecular weight is 127 g/mol. The summed E-state index contributed by atoms with van der Waals surface area (Å²) in [6, 6.07) is 0. The van der Waals surface area contributed by atoms with E-state index in [9.17, 15) is 0 Å². The van der Waals surface area contributed by atoms with Crippen LogP contribution < -0.4 is 5.32 Å². The molecule has 1 nitrogen and oxygen atoms in total. The van der Waals surface area contributed by atoms with Crippen LogP contribution in [0.5, 0.6) is 0 Å². The van der Waals surface area contributed by atoms with E-state index in [0.717, 1.165) is 6.54 Å². The zero-order valence-electron chi connectivity index (χ0n) is 6.70. The van der Waals surface area contributed by atoms with Gasteiger partial charge >= 0.3 is 0 Å². The van der Waals surface area contributed by atoms with Crippen LogP contribution in [0.2, 0.25) is 0 Å². The number of nitrogens with one attached hydrogen (secondary N) is 1. The first-order valence-electron chi connectivity index (χ1n) is 3.76. The first-order chi connectivity index (χ1) is 4.39. The lowest BCUT2D eigenvalue weighted by atomic mass is 10.1. The summed E-state index contributed by atoms with van der Waals surface area (Å²) < 4.78 is 0. The third kappa shape index (κ3) is 4.22. The summed E-state index contributed by atoms with van der Waals surface area (Å²) in [6.45, 7) is 8.43. The molecule has 1 aliphatic heterocycles. The number of hydrogen-bond acceptors (Lipinski definition) is 1. The van der Waals surface area contributed by atoms with Crippen molar-refractivity contribution >= 4 is 0 Å². The van der Waals surface area contributed by atoms with Gasteiger partial charge in [-0.2, -0.15) is 0 Å². The van der Waals surface area contributed by atoms with Crippen molar-refractivity contribution in [3.63, 3.8) is 0 Å². The zero-order chi connectivity index (χ0) is 7.11. The van der Waals surface area contributed by atoms with Crippen molar-refractivity contribution < 1.29 is 0 Å². The molecule has 0 aromatic carbocycles. The molecule has 1 rings (SSSR count). The Bertz CT molecular complexity index is 84.6. The third-order valence-corrected chi connectivity index (χ3v) is 1.29. The van der Waals surface area contributed by atoms with Gasteiger partial charge < -0.3 is 5.32 Å². The Labute approximate surface area is 58.2 Å². The molecule has 9 heavy (non-hydrogen) atoms. The fourth-order valence-electron chi connectivity index (χ4n) is 0.736. The normalized spacial score (nSPS) is 17.4. The van der Waals surface area contributed by atoms with Gasteiger partial charge in [-0.15, -0.1) is 0 Å². The molecule has 1 N–H and O–H groups in total. The van der Waals surface area contributed by atoms with Gasteiger partial charge in [-0.3, -0.25) is 0 Å². The van der Waals surface area contributed by atoms with E-state index in [1.807, 2.05) is 13.8 Å². The van der Waals surface area contributed by atoms with Gasteiger partial charge in [-0.05, 0) is 19.9 Å². The van der Waals surface area contributed by atoms with Gasteiger partial charge in [0.15, 0.2) is 0 Å². The molecular formula is C8H17N. The van der Waals surface area contributed by atoms with Gasteiger partial charge in [-0.1, -0.05) is 25.5 Å². The third-order valence-electron chi connectivity index (χ3n) is 1.29. The van der Waals surface area contributed by atoms with Gasteiger partial charge in [0.2, 0.25) is 0 Å². The van der Waals surface area contributed by atoms with Crippen molar-refractivity contribution in [2.24, 2.45) is 0 Å². The number of rotatable bonds is 0. The second-order valence-corrected chi connectivity index (χ2v) is 2.00. The second kappa shape index (κ2) is 5.83. The van der Waals surface area contributed by atoms with Crippen molar-refractivity contribution in [3.05, 3.63) is 11.6 Å². The molecular weight excluding hydrogens is 110 g/mol. The smallest absolute Gasteiger partial charge is 0.0137 e. The van der Waals surface area contributed by atoms with Gasteiger partial charge in [-0.25, -0.2) is 0 Å². The molecule has 0 atom stereocenters. The lowest BCUT2D eigenvalue weighted by Gasteiger charge is -2.08. The Hall–Kier alpha value is -0.300. The first-order valence-corrected chi connectivity index (χ1v) is 3.76. The molecule has 0 aliphatic carbocycles. The SMILES string of the molecule is CC.CC1=CCNCC1. The topological polar surface area (TPSA) is 12.0 Å². The Morgan fingerprint density at radius 2 is 2.11 bits per heavy atom. The maximum atomic E-state index is 3.24. The van der Waals surface area contributed by atoms with E-state index in [1.165, 1.54) is 18.5 Å². The zero-order valence-corrected chi connectivity index (χ0v) is 6.70. The van der Waals surface area contributed by atoms with Gasteiger partial charge in [0.05, 0.1) is 0 Å². The first kappa shape index (κ1) is 8.70. The van der Waals surface area contributed by atoms with Gasteiger partial charge in [0, 0.05) is 6.54 Å². The molecule has 0 saturated heterocycles. The van der Waals surface area contributed by atoms with Gasteiger partial charge in [0.25, 0.3) is 0 Å². The van der Waals surface area contributed by atoms with Crippen molar-refractivity contribution in [2.75, 3.05) is 13.1 Å². The molecule has 0 amide bonds. The maximum Gasteiger partial charge on any atom is 0.0137 e. The van der Waals surface area contributed by atoms with E-state index in [-0.39, 0.29) is 0 Å². The number of hydrogen-bond donors (Lipinski definition) is 1. The summed E-state index contributed by atoms with van der Waals surface area (Å²) in [6.07, 6.45) is 3.48. The van der Waals surface area contributed by atoms with Crippen LogP contribution in [-0.2, 0) is 0 Å². The predicted molar refractivity (Wildman–Crippen MR) is 42.6 cm³/mol. The van der Waals surface area contributed by atoms with E-state index in [4.69, 9.17) is 0 Å². The van der Waals surface area contributed by atoms with E-state index >= 15 is 0 Å². The predicted octanol–water partition coefficient (Wildman–Crippen LogP) is 1.95. The Morgan fingerprint density at radius 3 is 2.33 bits per heavy atom. The quantitative estimate of drug-likeness (QED) is 0.490. The summed E-state index contributed by atoms with van der Waals surface area (Å²) in [5.41, 5.74) is 1.53. The molecule has 0 saturated carbocycles. The van der Waals surface area contributed by atoms with Crippen molar-refractivity contribution in [1.29, 1.82) is 0 Å². The minimum atomic E-state index is 1.08. The van der Waals surface area contributed by atoms with Crippen LogP contribution in [0.1, 0.15) is 27.2 Å². The van der Waals surface area contributed by atoms with Crippen LogP contribution in [0.25, 0.3) is 0 Å². The minimum absolute atomic E-state index is 1.08. The Balaban J connectivity index is 0.000000291. The summed E-state index contributed by atoms with van der Waals surface area (Å²) in [5, 5.41) is 3.24.